The maximum Gasteiger partial charge on any atom is 0.298 e. The van der Waals surface area contributed by atoms with Crippen LogP contribution in [0.25, 0.3) is 0 Å². The van der Waals surface area contributed by atoms with Gasteiger partial charge in [-0.1, -0.05) is 12.1 Å². The summed E-state index contributed by atoms with van der Waals surface area (Å²) in [6.45, 7) is 7.92. The summed E-state index contributed by atoms with van der Waals surface area (Å²) in [6, 6.07) is 1.40. The van der Waals surface area contributed by atoms with Gasteiger partial charge in [-0.25, -0.2) is 8.78 Å². The third-order valence-corrected chi connectivity index (χ3v) is 3.66. The van der Waals surface area contributed by atoms with Crippen molar-refractivity contribution in [1.29, 1.82) is 0 Å². The van der Waals surface area contributed by atoms with Crippen LogP contribution in [0.2, 0.25) is 0 Å². The third kappa shape index (κ3) is 3.15. The molecule has 1 N–H and O–H groups in total. The highest BCUT2D eigenvalue weighted by atomic mass is 19.3. The number of hydrogen-bond acceptors (Lipinski definition) is 4. The van der Waals surface area contributed by atoms with Crippen molar-refractivity contribution in [3.05, 3.63) is 17.5 Å². The van der Waals surface area contributed by atoms with Crippen molar-refractivity contribution in [2.45, 2.75) is 39.3 Å². The molecule has 0 spiro atoms. The maximum atomic E-state index is 12.4. The number of rotatable bonds is 4. The molecule has 7 heteroatoms. The molecule has 1 aromatic heterocycles. The Morgan fingerprint density at radius 3 is 2.70 bits per heavy atom. The normalized spacial score (nSPS) is 23.8. The molecule has 2 heterocycles. The Bertz CT molecular complexity index is 476. The first-order valence-electron chi connectivity index (χ1n) is 6.68. The molecule has 5 nitrogen and oxygen atoms in total. The van der Waals surface area contributed by atoms with Crippen LogP contribution in [-0.2, 0) is 0 Å². The molecule has 1 aliphatic rings. The quantitative estimate of drug-likeness (QED) is 0.921. The van der Waals surface area contributed by atoms with Gasteiger partial charge < -0.3 is 9.84 Å². The molecule has 0 radical (unpaired) electrons. The first-order chi connectivity index (χ1) is 9.38. The summed E-state index contributed by atoms with van der Waals surface area (Å²) < 4.78 is 29.2. The topological polar surface area (TPSA) is 58.4 Å². The number of carbonyl (C=O) groups is 1. The van der Waals surface area contributed by atoms with Crippen molar-refractivity contribution in [3.8, 4) is 0 Å². The van der Waals surface area contributed by atoms with Crippen LogP contribution in [-0.4, -0.2) is 41.1 Å². The second-order valence-corrected chi connectivity index (χ2v) is 5.52. The highest BCUT2D eigenvalue weighted by molar-refractivity contribution is 5.92. The SMILES string of the molecule is CC(C)N1C[C@@H](C)[C@H](NC(=O)c2cc(C(F)F)on2)C1. The highest BCUT2D eigenvalue weighted by Crippen LogP contribution is 2.21. The van der Waals surface area contributed by atoms with Crippen molar-refractivity contribution < 1.29 is 18.1 Å². The Morgan fingerprint density at radius 2 is 2.20 bits per heavy atom. The fraction of sp³-hybridized carbons (Fsp3) is 0.692. The van der Waals surface area contributed by atoms with Gasteiger partial charge in [-0.2, -0.15) is 0 Å². The van der Waals surface area contributed by atoms with Crippen molar-refractivity contribution in [2.24, 2.45) is 5.92 Å². The Labute approximate surface area is 116 Å². The van der Waals surface area contributed by atoms with Gasteiger partial charge in [-0.3, -0.25) is 9.69 Å². The van der Waals surface area contributed by atoms with Gasteiger partial charge >= 0.3 is 0 Å². The zero-order chi connectivity index (χ0) is 14.9. The molecule has 0 aromatic carbocycles. The van der Waals surface area contributed by atoms with Crippen LogP contribution < -0.4 is 5.32 Å². The number of carbonyl (C=O) groups excluding carboxylic acids is 1. The summed E-state index contributed by atoms with van der Waals surface area (Å²) >= 11 is 0. The molecule has 0 aliphatic carbocycles. The van der Waals surface area contributed by atoms with Crippen LogP contribution in [0, 0.1) is 5.92 Å². The first-order valence-corrected chi connectivity index (χ1v) is 6.68. The third-order valence-electron chi connectivity index (χ3n) is 3.66. The van der Waals surface area contributed by atoms with Gasteiger partial charge in [0.25, 0.3) is 12.3 Å². The van der Waals surface area contributed by atoms with Crippen LogP contribution >= 0.6 is 0 Å². The van der Waals surface area contributed by atoms with E-state index < -0.39 is 18.1 Å². The van der Waals surface area contributed by atoms with Crippen molar-refractivity contribution in [3.63, 3.8) is 0 Å². The van der Waals surface area contributed by atoms with E-state index in [1.54, 1.807) is 0 Å². The number of halogens is 2. The molecule has 2 atom stereocenters. The van der Waals surface area contributed by atoms with E-state index in [1.807, 2.05) is 0 Å². The molecule has 112 valence electrons. The minimum absolute atomic E-state index is 0.00315. The van der Waals surface area contributed by atoms with E-state index in [1.165, 1.54) is 0 Å². The second kappa shape index (κ2) is 5.87. The van der Waals surface area contributed by atoms with E-state index in [0.717, 1.165) is 19.2 Å². The van der Waals surface area contributed by atoms with Gasteiger partial charge in [-0.15, -0.1) is 0 Å². The fourth-order valence-electron chi connectivity index (χ4n) is 2.36. The van der Waals surface area contributed by atoms with Gasteiger partial charge in [0, 0.05) is 31.2 Å². The molecule has 2 rings (SSSR count). The number of likely N-dealkylation sites (tertiary alicyclic amines) is 1. The first kappa shape index (κ1) is 14.9. The van der Waals surface area contributed by atoms with Crippen molar-refractivity contribution >= 4 is 5.91 Å². The molecule has 1 amide bonds. The van der Waals surface area contributed by atoms with Gasteiger partial charge in [0.05, 0.1) is 0 Å². The van der Waals surface area contributed by atoms with E-state index in [4.69, 9.17) is 0 Å². The lowest BCUT2D eigenvalue weighted by molar-refractivity contribution is 0.0916. The van der Waals surface area contributed by atoms with Crippen LogP contribution in [0.1, 0.15) is 43.4 Å². The zero-order valence-electron chi connectivity index (χ0n) is 11.8. The van der Waals surface area contributed by atoms with Crippen LogP contribution in [0.3, 0.4) is 0 Å². The summed E-state index contributed by atoms with van der Waals surface area (Å²) in [5, 5.41) is 6.21. The number of nitrogens with zero attached hydrogens (tertiary/aromatic N) is 2. The monoisotopic (exact) mass is 287 g/mol. The van der Waals surface area contributed by atoms with E-state index in [9.17, 15) is 13.6 Å². The number of aromatic nitrogens is 1. The molecule has 1 aliphatic heterocycles. The maximum absolute atomic E-state index is 12.4. The van der Waals surface area contributed by atoms with Gasteiger partial charge in [-0.05, 0) is 19.8 Å². The van der Waals surface area contributed by atoms with E-state index in [2.05, 4.69) is 40.7 Å². The Hall–Kier alpha value is -1.50. The summed E-state index contributed by atoms with van der Waals surface area (Å²) in [7, 11) is 0. The van der Waals surface area contributed by atoms with E-state index in [0.29, 0.717) is 12.0 Å². The largest absolute Gasteiger partial charge is 0.354 e. The average Bonchev–Trinajstić information content (AvgIpc) is 2.97. The standard InChI is InChI=1S/C13H19F2N3O2/c1-7(2)18-5-8(3)10(6-18)16-13(19)9-4-11(12(14)15)20-17-9/h4,7-8,10,12H,5-6H2,1-3H3,(H,16,19)/t8-,10-/m1/s1. The molecule has 0 bridgehead atoms. The molecule has 1 saturated heterocycles. The lowest BCUT2D eigenvalue weighted by Gasteiger charge is -2.20. The summed E-state index contributed by atoms with van der Waals surface area (Å²) in [5.74, 6) is -0.746. The van der Waals surface area contributed by atoms with Crippen LogP contribution in [0.5, 0.6) is 0 Å². The lowest BCUT2D eigenvalue weighted by Crippen LogP contribution is -2.40. The van der Waals surface area contributed by atoms with Crippen molar-refractivity contribution in [2.75, 3.05) is 13.1 Å². The number of hydrogen-bond donors (Lipinski definition) is 1. The van der Waals surface area contributed by atoms with Crippen LogP contribution in [0.4, 0.5) is 8.78 Å². The zero-order valence-corrected chi connectivity index (χ0v) is 11.8. The van der Waals surface area contributed by atoms with E-state index in [-0.39, 0.29) is 11.7 Å². The number of nitrogens with one attached hydrogen (secondary N) is 1. The Morgan fingerprint density at radius 1 is 1.50 bits per heavy atom. The minimum Gasteiger partial charge on any atom is -0.354 e. The number of alkyl halides is 2. The molecular formula is C13H19F2N3O2. The minimum atomic E-state index is -2.76. The molecular weight excluding hydrogens is 268 g/mol. The summed E-state index contributed by atoms with van der Waals surface area (Å²) in [6.07, 6.45) is -2.76. The van der Waals surface area contributed by atoms with Gasteiger partial charge in [0.2, 0.25) is 5.76 Å². The Balaban J connectivity index is 1.97. The number of amides is 1. The molecule has 1 aromatic rings. The summed E-state index contributed by atoms with van der Waals surface area (Å²) in [4.78, 5) is 14.2. The molecule has 0 unspecified atom stereocenters. The molecule has 1 fully saturated rings. The lowest BCUT2D eigenvalue weighted by atomic mass is 10.1. The smallest absolute Gasteiger partial charge is 0.298 e. The summed E-state index contributed by atoms with van der Waals surface area (Å²) in [5.41, 5.74) is -0.101. The van der Waals surface area contributed by atoms with Crippen LogP contribution in [0.15, 0.2) is 10.6 Å². The van der Waals surface area contributed by atoms with Gasteiger partial charge in [0.15, 0.2) is 5.69 Å². The second-order valence-electron chi connectivity index (χ2n) is 5.52. The molecule has 20 heavy (non-hydrogen) atoms. The predicted octanol–water partition coefficient (Wildman–Crippen LogP) is 2.07. The Kier molecular flexibility index (Phi) is 4.37. The van der Waals surface area contributed by atoms with E-state index >= 15 is 0 Å². The molecule has 0 saturated carbocycles. The van der Waals surface area contributed by atoms with Crippen molar-refractivity contribution in [1.82, 2.24) is 15.4 Å². The predicted molar refractivity (Wildman–Crippen MR) is 68.6 cm³/mol. The highest BCUT2D eigenvalue weighted by Gasteiger charge is 2.32. The van der Waals surface area contributed by atoms with Gasteiger partial charge in [0.1, 0.15) is 0 Å². The fourth-order valence-corrected chi connectivity index (χ4v) is 2.36. The average molecular weight is 287 g/mol.